The van der Waals surface area contributed by atoms with E-state index in [2.05, 4.69) is 0 Å². The molecule has 1 atom stereocenters. The van der Waals surface area contributed by atoms with Crippen LogP contribution in [0.25, 0.3) is 0 Å². The summed E-state index contributed by atoms with van der Waals surface area (Å²) in [6.07, 6.45) is 0.727. The summed E-state index contributed by atoms with van der Waals surface area (Å²) in [5.41, 5.74) is 1.54. The number of likely N-dealkylation sites (N-methyl/N-ethyl adjacent to an activating group) is 1. The molecule has 0 fully saturated rings. The van der Waals surface area contributed by atoms with Gasteiger partial charge >= 0.3 is 0 Å². The third-order valence-electron chi connectivity index (χ3n) is 3.65. The molecule has 21 heavy (non-hydrogen) atoms. The molecule has 0 radical (unpaired) electrons. The molecule has 0 saturated carbocycles. The van der Waals surface area contributed by atoms with Gasteiger partial charge in [0.05, 0.1) is 5.92 Å². The molecule has 2 aromatic carbocycles. The maximum absolute atomic E-state index is 13.7. The predicted octanol–water partition coefficient (Wildman–Crippen LogP) is 3.98. The van der Waals surface area contributed by atoms with Crippen molar-refractivity contribution >= 4 is 5.91 Å². The third-order valence-corrected chi connectivity index (χ3v) is 3.65. The van der Waals surface area contributed by atoms with Crippen molar-refractivity contribution in [3.63, 3.8) is 0 Å². The van der Waals surface area contributed by atoms with E-state index < -0.39 is 0 Å². The van der Waals surface area contributed by atoms with Crippen molar-refractivity contribution in [1.29, 1.82) is 0 Å². The molecular formula is C18H20FNO. The van der Waals surface area contributed by atoms with Gasteiger partial charge in [-0.1, -0.05) is 55.5 Å². The quantitative estimate of drug-likeness (QED) is 0.813. The number of carbonyl (C=O) groups is 1. The maximum atomic E-state index is 13.7. The van der Waals surface area contributed by atoms with Crippen LogP contribution in [0.2, 0.25) is 0 Å². The highest BCUT2D eigenvalue weighted by Gasteiger charge is 2.22. The minimum Gasteiger partial charge on any atom is -0.341 e. The molecule has 0 aromatic heterocycles. The summed E-state index contributed by atoms with van der Waals surface area (Å²) in [6.45, 7) is 2.28. The van der Waals surface area contributed by atoms with E-state index in [1.807, 2.05) is 37.3 Å². The highest BCUT2D eigenvalue weighted by atomic mass is 19.1. The van der Waals surface area contributed by atoms with Crippen LogP contribution in [0.3, 0.4) is 0 Å². The van der Waals surface area contributed by atoms with Crippen LogP contribution in [0.5, 0.6) is 0 Å². The van der Waals surface area contributed by atoms with Crippen LogP contribution in [0.15, 0.2) is 54.6 Å². The molecule has 1 amide bonds. The van der Waals surface area contributed by atoms with Crippen LogP contribution >= 0.6 is 0 Å². The molecular weight excluding hydrogens is 265 g/mol. The van der Waals surface area contributed by atoms with E-state index in [0.717, 1.165) is 12.0 Å². The van der Waals surface area contributed by atoms with Gasteiger partial charge in [0.15, 0.2) is 0 Å². The minimum atomic E-state index is -0.273. The normalized spacial score (nSPS) is 12.0. The van der Waals surface area contributed by atoms with Crippen molar-refractivity contribution in [2.75, 3.05) is 7.05 Å². The van der Waals surface area contributed by atoms with Gasteiger partial charge in [0, 0.05) is 19.2 Å². The lowest BCUT2D eigenvalue weighted by molar-refractivity contribution is -0.132. The Morgan fingerprint density at radius 1 is 1.10 bits per heavy atom. The summed E-state index contributed by atoms with van der Waals surface area (Å²) < 4.78 is 13.7. The number of halogens is 1. The van der Waals surface area contributed by atoms with Crippen molar-refractivity contribution in [1.82, 2.24) is 4.90 Å². The van der Waals surface area contributed by atoms with E-state index in [1.165, 1.54) is 6.07 Å². The molecule has 2 nitrogen and oxygen atoms in total. The van der Waals surface area contributed by atoms with Crippen LogP contribution in [-0.4, -0.2) is 17.9 Å². The Morgan fingerprint density at radius 3 is 2.33 bits per heavy atom. The van der Waals surface area contributed by atoms with E-state index in [-0.39, 0.29) is 24.2 Å². The van der Waals surface area contributed by atoms with Crippen LogP contribution < -0.4 is 0 Å². The highest BCUT2D eigenvalue weighted by Crippen LogP contribution is 2.22. The molecule has 2 rings (SSSR count). The molecule has 0 heterocycles. The summed E-state index contributed by atoms with van der Waals surface area (Å²) in [5.74, 6) is -0.431. The topological polar surface area (TPSA) is 20.3 Å². The fourth-order valence-electron chi connectivity index (χ4n) is 2.46. The number of rotatable bonds is 5. The SMILES string of the molecule is CCC(C(=O)N(C)Cc1ccccc1F)c1ccccc1. The highest BCUT2D eigenvalue weighted by molar-refractivity contribution is 5.83. The first kappa shape index (κ1) is 15.2. The first-order valence-corrected chi connectivity index (χ1v) is 7.16. The monoisotopic (exact) mass is 285 g/mol. The average Bonchev–Trinajstić information content (AvgIpc) is 2.51. The van der Waals surface area contributed by atoms with E-state index >= 15 is 0 Å². The second kappa shape index (κ2) is 7.02. The lowest BCUT2D eigenvalue weighted by atomic mass is 9.95. The summed E-state index contributed by atoms with van der Waals surface area (Å²) in [6, 6.07) is 16.3. The van der Waals surface area contributed by atoms with Gasteiger partial charge in [-0.05, 0) is 18.1 Å². The van der Waals surface area contributed by atoms with Crippen molar-refractivity contribution in [3.8, 4) is 0 Å². The number of nitrogens with zero attached hydrogens (tertiary/aromatic N) is 1. The van der Waals surface area contributed by atoms with Crippen molar-refractivity contribution < 1.29 is 9.18 Å². The Bertz CT molecular complexity index is 597. The Hall–Kier alpha value is -2.16. The van der Waals surface area contributed by atoms with Gasteiger partial charge in [-0.15, -0.1) is 0 Å². The number of benzene rings is 2. The molecule has 0 aliphatic rings. The third kappa shape index (κ3) is 3.69. The lowest BCUT2D eigenvalue weighted by Crippen LogP contribution is -2.31. The molecule has 0 aliphatic heterocycles. The molecule has 2 aromatic rings. The van der Waals surface area contributed by atoms with Crippen LogP contribution in [-0.2, 0) is 11.3 Å². The smallest absolute Gasteiger partial charge is 0.230 e. The van der Waals surface area contributed by atoms with Crippen LogP contribution in [0, 0.1) is 5.82 Å². The summed E-state index contributed by atoms with van der Waals surface area (Å²) >= 11 is 0. The van der Waals surface area contributed by atoms with Crippen molar-refractivity contribution in [2.45, 2.75) is 25.8 Å². The van der Waals surface area contributed by atoms with E-state index in [0.29, 0.717) is 5.56 Å². The van der Waals surface area contributed by atoms with Gasteiger partial charge in [0.1, 0.15) is 5.82 Å². The van der Waals surface area contributed by atoms with Gasteiger partial charge in [0.25, 0.3) is 0 Å². The van der Waals surface area contributed by atoms with Crippen LogP contribution in [0.4, 0.5) is 4.39 Å². The van der Waals surface area contributed by atoms with Crippen LogP contribution in [0.1, 0.15) is 30.4 Å². The fraction of sp³-hybridized carbons (Fsp3) is 0.278. The molecule has 3 heteroatoms. The first-order chi connectivity index (χ1) is 10.1. The zero-order chi connectivity index (χ0) is 15.2. The summed E-state index contributed by atoms with van der Waals surface area (Å²) in [4.78, 5) is 14.2. The first-order valence-electron chi connectivity index (χ1n) is 7.16. The standard InChI is InChI=1S/C18H20FNO/c1-3-16(14-9-5-4-6-10-14)18(21)20(2)13-15-11-7-8-12-17(15)19/h4-12,16H,3,13H2,1-2H3. The molecule has 110 valence electrons. The largest absolute Gasteiger partial charge is 0.341 e. The molecule has 0 N–H and O–H groups in total. The number of carbonyl (C=O) groups excluding carboxylic acids is 1. The number of hydrogen-bond donors (Lipinski definition) is 0. The van der Waals surface area contributed by atoms with Crippen molar-refractivity contribution in [2.24, 2.45) is 0 Å². The van der Waals surface area contributed by atoms with Gasteiger partial charge < -0.3 is 4.90 Å². The number of amides is 1. The molecule has 1 unspecified atom stereocenters. The van der Waals surface area contributed by atoms with E-state index in [4.69, 9.17) is 0 Å². The summed E-state index contributed by atoms with van der Waals surface area (Å²) in [7, 11) is 1.72. The summed E-state index contributed by atoms with van der Waals surface area (Å²) in [5, 5.41) is 0. The van der Waals surface area contributed by atoms with Gasteiger partial charge in [-0.3, -0.25) is 4.79 Å². The zero-order valence-electron chi connectivity index (χ0n) is 12.4. The molecule has 0 spiro atoms. The lowest BCUT2D eigenvalue weighted by Gasteiger charge is -2.23. The Morgan fingerprint density at radius 2 is 1.71 bits per heavy atom. The Labute approximate surface area is 125 Å². The van der Waals surface area contributed by atoms with Crippen molar-refractivity contribution in [3.05, 3.63) is 71.5 Å². The second-order valence-electron chi connectivity index (χ2n) is 5.16. The van der Waals surface area contributed by atoms with Gasteiger partial charge in [-0.2, -0.15) is 0 Å². The van der Waals surface area contributed by atoms with Gasteiger partial charge in [-0.25, -0.2) is 4.39 Å². The Kier molecular flexibility index (Phi) is 5.09. The van der Waals surface area contributed by atoms with Gasteiger partial charge in [0.2, 0.25) is 5.91 Å². The molecule has 0 bridgehead atoms. The Balaban J connectivity index is 2.13. The predicted molar refractivity (Wildman–Crippen MR) is 82.3 cm³/mol. The van der Waals surface area contributed by atoms with E-state index in [9.17, 15) is 9.18 Å². The molecule has 0 saturated heterocycles. The maximum Gasteiger partial charge on any atom is 0.230 e. The molecule has 0 aliphatic carbocycles. The second-order valence-corrected chi connectivity index (χ2v) is 5.16. The van der Waals surface area contributed by atoms with E-state index in [1.54, 1.807) is 30.1 Å². The average molecular weight is 285 g/mol. The number of hydrogen-bond acceptors (Lipinski definition) is 1. The zero-order valence-corrected chi connectivity index (χ0v) is 12.4. The minimum absolute atomic E-state index is 0.0203. The fourth-order valence-corrected chi connectivity index (χ4v) is 2.46.